The van der Waals surface area contributed by atoms with Gasteiger partial charge in [-0.2, -0.15) is 0 Å². The molecule has 0 aromatic rings. The van der Waals surface area contributed by atoms with E-state index in [2.05, 4.69) is 13.8 Å². The van der Waals surface area contributed by atoms with Crippen LogP contribution in [0.1, 0.15) is 142 Å². The van der Waals surface area contributed by atoms with E-state index in [1.165, 1.54) is 44.9 Å². The Kier molecular flexibility index (Phi) is 20.7. The minimum absolute atomic E-state index is 0.0848. The quantitative estimate of drug-likeness (QED) is 0.0510. The fraction of sp³-hybridized carbons (Fsp3) is 0.944. The Morgan fingerprint density at radius 2 is 1.00 bits per heavy atom. The van der Waals surface area contributed by atoms with Gasteiger partial charge in [-0.15, -0.1) is 0 Å². The summed E-state index contributed by atoms with van der Waals surface area (Å²) in [6.45, 7) is 1.41. The van der Waals surface area contributed by atoms with E-state index in [1.54, 1.807) is 0 Å². The smallest absolute Gasteiger partial charge is 0.308 e. The molecule has 0 aliphatic carbocycles. The lowest BCUT2D eigenvalue weighted by molar-refractivity contribution is -0.415. The predicted molar refractivity (Wildman–Crippen MR) is 180 cm³/mol. The average Bonchev–Trinajstić information content (AvgIpc) is 3.36. The molecule has 0 spiro atoms. The van der Waals surface area contributed by atoms with Crippen molar-refractivity contribution in [2.24, 2.45) is 0 Å². The molecule has 2 saturated heterocycles. The molecule has 0 bridgehead atoms. The van der Waals surface area contributed by atoms with Crippen LogP contribution in [0.2, 0.25) is 0 Å². The van der Waals surface area contributed by atoms with E-state index in [4.69, 9.17) is 18.9 Å². The van der Waals surface area contributed by atoms with Crippen molar-refractivity contribution < 1.29 is 64.3 Å². The van der Waals surface area contributed by atoms with Gasteiger partial charge in [0.05, 0.1) is 19.8 Å². The van der Waals surface area contributed by atoms with Crippen LogP contribution in [0.5, 0.6) is 0 Å². The van der Waals surface area contributed by atoms with Crippen LogP contribution in [0.25, 0.3) is 0 Å². The molecular formula is C36H66O13. The minimum atomic E-state index is -2.84. The fourth-order valence-electron chi connectivity index (χ4n) is 6.93. The molecule has 2 aliphatic rings. The van der Waals surface area contributed by atoms with Crippen LogP contribution in [0, 0.1) is 0 Å². The van der Waals surface area contributed by atoms with Crippen molar-refractivity contribution in [3.05, 3.63) is 0 Å². The summed E-state index contributed by atoms with van der Waals surface area (Å²) >= 11 is 0. The van der Waals surface area contributed by atoms with Gasteiger partial charge in [0.1, 0.15) is 36.6 Å². The maximum atomic E-state index is 13.5. The van der Waals surface area contributed by atoms with Crippen LogP contribution >= 0.6 is 0 Å². The van der Waals surface area contributed by atoms with Gasteiger partial charge in [0.25, 0.3) is 5.79 Å². The molecule has 7 N–H and O–H groups in total. The van der Waals surface area contributed by atoms with Crippen molar-refractivity contribution in [3.63, 3.8) is 0 Å². The normalized spacial score (nSPS) is 31.6. The first-order valence-corrected chi connectivity index (χ1v) is 18.9. The third-order valence-corrected chi connectivity index (χ3v) is 9.96. The highest BCUT2D eigenvalue weighted by atomic mass is 16.8. The van der Waals surface area contributed by atoms with Crippen molar-refractivity contribution in [1.29, 1.82) is 0 Å². The molecule has 13 nitrogen and oxygen atoms in total. The maximum Gasteiger partial charge on any atom is 0.308 e. The lowest BCUT2D eigenvalue weighted by Gasteiger charge is -2.55. The zero-order valence-corrected chi connectivity index (χ0v) is 29.9. The monoisotopic (exact) mass is 706 g/mol. The molecule has 0 aromatic heterocycles. The van der Waals surface area contributed by atoms with Gasteiger partial charge >= 0.3 is 11.9 Å². The molecule has 9 atom stereocenters. The van der Waals surface area contributed by atoms with E-state index in [-0.39, 0.29) is 12.8 Å². The van der Waals surface area contributed by atoms with Crippen LogP contribution in [0.3, 0.4) is 0 Å². The highest BCUT2D eigenvalue weighted by molar-refractivity contribution is 5.71. The molecule has 0 amide bonds. The van der Waals surface area contributed by atoms with E-state index in [1.807, 2.05) is 0 Å². The van der Waals surface area contributed by atoms with E-state index >= 15 is 0 Å². The van der Waals surface area contributed by atoms with E-state index < -0.39 is 85.9 Å². The molecule has 13 heteroatoms. The number of esters is 2. The van der Waals surface area contributed by atoms with Gasteiger partial charge in [0.15, 0.2) is 11.7 Å². The highest BCUT2D eigenvalue weighted by Gasteiger charge is 2.76. The molecular weight excluding hydrogens is 640 g/mol. The van der Waals surface area contributed by atoms with E-state index in [0.29, 0.717) is 19.3 Å². The Bertz CT molecular complexity index is 921. The van der Waals surface area contributed by atoms with Crippen molar-refractivity contribution in [1.82, 2.24) is 0 Å². The zero-order chi connectivity index (χ0) is 36.3. The first kappa shape index (κ1) is 43.7. The molecule has 0 aromatic carbocycles. The fourth-order valence-corrected chi connectivity index (χ4v) is 6.93. The van der Waals surface area contributed by atoms with Crippen molar-refractivity contribution in [2.45, 2.75) is 196 Å². The van der Waals surface area contributed by atoms with Crippen LogP contribution in [-0.2, 0) is 28.5 Å². The van der Waals surface area contributed by atoms with Crippen molar-refractivity contribution in [3.8, 4) is 0 Å². The zero-order valence-electron chi connectivity index (χ0n) is 29.9. The summed E-state index contributed by atoms with van der Waals surface area (Å²) in [6.07, 6.45) is 4.65. The van der Waals surface area contributed by atoms with E-state index in [0.717, 1.165) is 51.4 Å². The molecule has 49 heavy (non-hydrogen) atoms. The average molecular weight is 707 g/mol. The van der Waals surface area contributed by atoms with Crippen LogP contribution < -0.4 is 0 Å². The van der Waals surface area contributed by atoms with Gasteiger partial charge in [0.2, 0.25) is 0 Å². The maximum absolute atomic E-state index is 13.5. The minimum Gasteiger partial charge on any atom is -0.452 e. The Morgan fingerprint density at radius 1 is 0.571 bits per heavy atom. The summed E-state index contributed by atoms with van der Waals surface area (Å²) in [5.74, 6) is -4.58. The second-order valence-electron chi connectivity index (χ2n) is 13.9. The second kappa shape index (κ2) is 23.2. The summed E-state index contributed by atoms with van der Waals surface area (Å²) in [5.41, 5.74) is -2.61. The summed E-state index contributed by atoms with van der Waals surface area (Å²) in [4.78, 5) is 26.7. The lowest BCUT2D eigenvalue weighted by Crippen LogP contribution is -2.79. The van der Waals surface area contributed by atoms with Gasteiger partial charge in [0, 0.05) is 12.8 Å². The molecule has 288 valence electrons. The summed E-state index contributed by atoms with van der Waals surface area (Å²) in [7, 11) is 0. The number of aliphatic hydroxyl groups excluding tert-OH is 7. The van der Waals surface area contributed by atoms with Crippen LogP contribution in [-0.4, -0.2) is 122 Å². The predicted octanol–water partition coefficient (Wildman–Crippen LogP) is 2.94. The number of carbonyl (C=O) groups excluding carboxylic acids is 2. The first-order chi connectivity index (χ1) is 23.6. The number of carbonyl (C=O) groups is 2. The number of rotatable bonds is 26. The largest absolute Gasteiger partial charge is 0.452 e. The topological polar surface area (TPSA) is 213 Å². The Morgan fingerprint density at radius 3 is 1.43 bits per heavy atom. The first-order valence-electron chi connectivity index (χ1n) is 18.9. The lowest BCUT2D eigenvalue weighted by atomic mass is 9.77. The van der Waals surface area contributed by atoms with Gasteiger partial charge in [-0.25, -0.2) is 0 Å². The summed E-state index contributed by atoms with van der Waals surface area (Å²) in [5, 5.41) is 74.9. The molecule has 7 unspecified atom stereocenters. The van der Waals surface area contributed by atoms with E-state index in [9.17, 15) is 45.3 Å². The molecule has 2 heterocycles. The molecule has 2 aliphatic heterocycles. The number of ether oxygens (including phenoxy) is 4. The molecule has 0 radical (unpaired) electrons. The Labute approximate surface area is 292 Å². The standard InChI is InChI=1S/C36H66O13/c1-3-5-7-9-11-13-15-17-19-21-28(40)46-34-32(44)30(42)26(23-37)48-36(34,35(25-39)33(45)31(43)27(24-38)47-35)49-29(41)22-20-18-16-14-12-10-8-6-4-2/h26-27,30-34,37-39,42-45H,3-25H2,1-2H3/t26?,27?,30?,31?,32?,33?,34?,35-,36-/m0/s1. The second-order valence-corrected chi connectivity index (χ2v) is 13.9. The van der Waals surface area contributed by atoms with Crippen LogP contribution in [0.4, 0.5) is 0 Å². The summed E-state index contributed by atoms with van der Waals surface area (Å²) in [6, 6.07) is 0. The highest BCUT2D eigenvalue weighted by Crippen LogP contribution is 2.49. The number of hydrogen-bond donors (Lipinski definition) is 7. The van der Waals surface area contributed by atoms with Crippen LogP contribution in [0.15, 0.2) is 0 Å². The Hall–Kier alpha value is -1.42. The van der Waals surface area contributed by atoms with Crippen molar-refractivity contribution in [2.75, 3.05) is 19.8 Å². The van der Waals surface area contributed by atoms with Gasteiger partial charge in [-0.05, 0) is 12.8 Å². The third kappa shape index (κ3) is 12.1. The number of aliphatic hydroxyl groups is 7. The summed E-state index contributed by atoms with van der Waals surface area (Å²) < 4.78 is 23.3. The number of hydrogen-bond acceptors (Lipinski definition) is 13. The number of unbranched alkanes of at least 4 members (excludes halogenated alkanes) is 16. The van der Waals surface area contributed by atoms with Gasteiger partial charge < -0.3 is 54.7 Å². The molecule has 2 fully saturated rings. The van der Waals surface area contributed by atoms with Gasteiger partial charge in [-0.1, -0.05) is 117 Å². The molecule has 0 saturated carbocycles. The van der Waals surface area contributed by atoms with Gasteiger partial charge in [-0.3, -0.25) is 9.59 Å². The third-order valence-electron chi connectivity index (χ3n) is 9.96. The molecule has 2 rings (SSSR count). The van der Waals surface area contributed by atoms with Crippen molar-refractivity contribution >= 4 is 11.9 Å². The Balaban J connectivity index is 2.26. The SMILES string of the molecule is CCCCCCCCCCCC(=O)OC1C(O)C(O)C(CO)O[C@@]1(OC(=O)CCCCCCCCCCC)[C@@]1(CO)OC(CO)C(O)C1O.